The number of ether oxygens (including phenoxy) is 2. The summed E-state index contributed by atoms with van der Waals surface area (Å²) in [7, 11) is 0. The van der Waals surface area contributed by atoms with E-state index in [0.29, 0.717) is 45.8 Å². The summed E-state index contributed by atoms with van der Waals surface area (Å²) < 4.78 is 11.8. The molecule has 0 aliphatic heterocycles. The normalized spacial score (nSPS) is 20.3. The summed E-state index contributed by atoms with van der Waals surface area (Å²) in [6, 6.07) is 10.5. The maximum Gasteiger partial charge on any atom is 0.338 e. The van der Waals surface area contributed by atoms with Crippen LogP contribution in [0.5, 0.6) is 5.75 Å². The summed E-state index contributed by atoms with van der Waals surface area (Å²) in [5.74, 6) is 4.10. The van der Waals surface area contributed by atoms with Crippen LogP contribution in [0, 0.1) is 30.1 Å². The maximum absolute atomic E-state index is 12.8. The lowest BCUT2D eigenvalue weighted by Crippen LogP contribution is -2.35. The van der Waals surface area contributed by atoms with Crippen molar-refractivity contribution < 1.29 is 24.5 Å². The lowest BCUT2D eigenvalue weighted by atomic mass is 9.75. The first-order valence-electron chi connectivity index (χ1n) is 11.6. The van der Waals surface area contributed by atoms with Gasteiger partial charge in [0.15, 0.2) is 0 Å². The Morgan fingerprint density at radius 2 is 1.76 bits per heavy atom. The van der Waals surface area contributed by atoms with Crippen LogP contribution in [0.2, 0.25) is 0 Å². The average molecular weight is 451 g/mol. The van der Waals surface area contributed by atoms with Crippen LogP contribution in [0.3, 0.4) is 0 Å². The molecule has 3 rings (SSSR count). The van der Waals surface area contributed by atoms with Crippen molar-refractivity contribution in [1.82, 2.24) is 0 Å². The monoisotopic (exact) mass is 450 g/mol. The molecule has 0 bridgehead atoms. The van der Waals surface area contributed by atoms with Crippen LogP contribution >= 0.6 is 0 Å². The van der Waals surface area contributed by atoms with Crippen molar-refractivity contribution in [2.24, 2.45) is 17.8 Å². The van der Waals surface area contributed by atoms with Crippen molar-refractivity contribution in [3.05, 3.63) is 64.2 Å². The van der Waals surface area contributed by atoms with Crippen molar-refractivity contribution in [3.63, 3.8) is 0 Å². The van der Waals surface area contributed by atoms with Crippen LogP contribution in [0.25, 0.3) is 0 Å². The van der Waals surface area contributed by atoms with Crippen LogP contribution in [-0.2, 0) is 24.6 Å². The second-order valence-electron chi connectivity index (χ2n) is 9.34. The quantitative estimate of drug-likeness (QED) is 0.444. The third-order valence-corrected chi connectivity index (χ3v) is 6.54. The molecule has 176 valence electrons. The molecule has 0 saturated heterocycles. The molecule has 2 aromatic carbocycles. The van der Waals surface area contributed by atoms with Crippen molar-refractivity contribution in [2.75, 3.05) is 0 Å². The van der Waals surface area contributed by atoms with Crippen LogP contribution in [0.1, 0.15) is 72.6 Å². The van der Waals surface area contributed by atoms with Gasteiger partial charge in [-0.2, -0.15) is 0 Å². The lowest BCUT2D eigenvalue weighted by molar-refractivity contribution is -0.0174. The topological polar surface area (TPSA) is 76.0 Å². The van der Waals surface area contributed by atoms with E-state index >= 15 is 0 Å². The first-order valence-corrected chi connectivity index (χ1v) is 11.6. The molecule has 0 radical (unpaired) electrons. The molecule has 1 aliphatic rings. The standard InChI is InChI=1S/C28H34O5/c1-5-20-13-23(15-29)27(24(14-20)16-30)32-17-21-7-9-22(10-8-21)28(31)33-26-12-19(4)6-11-25(26)18(2)3/h1,7-10,13-14,18-19,25-26,29-30H,6,11-12,15-17H2,2-4H3/t19-,25+,26-/m1/s1. The Labute approximate surface area is 196 Å². The van der Waals surface area contributed by atoms with Crippen LogP contribution < -0.4 is 4.74 Å². The van der Waals surface area contributed by atoms with Crippen LogP contribution in [-0.4, -0.2) is 22.3 Å². The van der Waals surface area contributed by atoms with Crippen molar-refractivity contribution in [3.8, 4) is 18.1 Å². The molecule has 5 heteroatoms. The third kappa shape index (κ3) is 6.16. The number of terminal acetylenes is 1. The zero-order valence-corrected chi connectivity index (χ0v) is 19.7. The molecule has 2 N–H and O–H groups in total. The Hall–Kier alpha value is -2.81. The summed E-state index contributed by atoms with van der Waals surface area (Å²) in [6.07, 6.45) is 8.61. The number of carbonyl (C=O) groups is 1. The van der Waals surface area contributed by atoms with Gasteiger partial charge in [-0.3, -0.25) is 0 Å². The van der Waals surface area contributed by atoms with E-state index in [0.717, 1.165) is 18.4 Å². The van der Waals surface area contributed by atoms with E-state index in [-0.39, 0.29) is 31.9 Å². The van der Waals surface area contributed by atoms with E-state index in [4.69, 9.17) is 15.9 Å². The molecule has 0 spiro atoms. The minimum absolute atomic E-state index is 0.0379. The van der Waals surface area contributed by atoms with Crippen molar-refractivity contribution in [1.29, 1.82) is 0 Å². The van der Waals surface area contributed by atoms with Gasteiger partial charge >= 0.3 is 5.97 Å². The fourth-order valence-corrected chi connectivity index (χ4v) is 4.61. The Bertz CT molecular complexity index is 961. The Morgan fingerprint density at radius 3 is 2.30 bits per heavy atom. The summed E-state index contributed by atoms with van der Waals surface area (Å²) in [5.41, 5.74) is 2.99. The molecule has 0 amide bonds. The van der Waals surface area contributed by atoms with Gasteiger partial charge in [-0.15, -0.1) is 6.42 Å². The van der Waals surface area contributed by atoms with Gasteiger partial charge in [0.2, 0.25) is 0 Å². The molecule has 0 heterocycles. The van der Waals surface area contributed by atoms with E-state index < -0.39 is 0 Å². The van der Waals surface area contributed by atoms with Gasteiger partial charge in [0.05, 0.1) is 18.8 Å². The van der Waals surface area contributed by atoms with Crippen molar-refractivity contribution >= 4 is 5.97 Å². The molecule has 3 atom stereocenters. The zero-order valence-electron chi connectivity index (χ0n) is 19.7. The molecule has 5 nitrogen and oxygen atoms in total. The number of hydrogen-bond donors (Lipinski definition) is 2. The first kappa shape index (κ1) is 24.8. The molecule has 0 aromatic heterocycles. The highest BCUT2D eigenvalue weighted by Crippen LogP contribution is 2.35. The van der Waals surface area contributed by atoms with E-state index in [1.54, 1.807) is 24.3 Å². The van der Waals surface area contributed by atoms with E-state index in [9.17, 15) is 15.0 Å². The van der Waals surface area contributed by atoms with Gasteiger partial charge in [-0.05, 0) is 60.4 Å². The predicted octanol–water partition coefficient (Wildman–Crippen LogP) is 4.85. The number of aliphatic hydroxyl groups is 2. The molecule has 2 aromatic rings. The van der Waals surface area contributed by atoms with Gasteiger partial charge in [0.1, 0.15) is 18.5 Å². The SMILES string of the molecule is C#Cc1cc(CO)c(OCc2ccc(C(=O)O[C@@H]3C[C@H](C)CC[C@H]3C(C)C)cc2)c(CO)c1. The average Bonchev–Trinajstić information content (AvgIpc) is 2.82. The lowest BCUT2D eigenvalue weighted by Gasteiger charge is -2.36. The van der Waals surface area contributed by atoms with E-state index in [1.165, 1.54) is 6.42 Å². The first-order chi connectivity index (χ1) is 15.9. The smallest absolute Gasteiger partial charge is 0.338 e. The fraction of sp³-hybridized carbons (Fsp3) is 0.464. The molecule has 1 fully saturated rings. The zero-order chi connectivity index (χ0) is 24.0. The number of rotatable bonds is 8. The minimum Gasteiger partial charge on any atom is -0.488 e. The molecule has 33 heavy (non-hydrogen) atoms. The highest BCUT2D eigenvalue weighted by molar-refractivity contribution is 5.89. The van der Waals surface area contributed by atoms with Gasteiger partial charge in [-0.1, -0.05) is 45.2 Å². The number of carbonyl (C=O) groups excluding carboxylic acids is 1. The Balaban J connectivity index is 1.66. The summed E-state index contributed by atoms with van der Waals surface area (Å²) in [4.78, 5) is 12.8. The minimum atomic E-state index is -0.290. The van der Waals surface area contributed by atoms with Gasteiger partial charge in [0, 0.05) is 16.7 Å². The largest absolute Gasteiger partial charge is 0.488 e. The number of esters is 1. The second kappa shape index (κ2) is 11.4. The fourth-order valence-electron chi connectivity index (χ4n) is 4.61. The second-order valence-corrected chi connectivity index (χ2v) is 9.34. The summed E-state index contributed by atoms with van der Waals surface area (Å²) in [6.45, 7) is 6.33. The Morgan fingerprint density at radius 1 is 1.12 bits per heavy atom. The molecule has 1 saturated carbocycles. The van der Waals surface area contributed by atoms with Gasteiger partial charge in [-0.25, -0.2) is 4.79 Å². The van der Waals surface area contributed by atoms with Gasteiger partial charge in [0.25, 0.3) is 0 Å². The molecular weight excluding hydrogens is 416 g/mol. The molecule has 1 aliphatic carbocycles. The van der Waals surface area contributed by atoms with Crippen molar-refractivity contribution in [2.45, 2.75) is 66.0 Å². The highest BCUT2D eigenvalue weighted by Gasteiger charge is 2.33. The summed E-state index contributed by atoms with van der Waals surface area (Å²) >= 11 is 0. The molecular formula is C28H34O5. The summed E-state index contributed by atoms with van der Waals surface area (Å²) in [5, 5.41) is 19.4. The number of benzene rings is 2. The maximum atomic E-state index is 12.8. The number of aliphatic hydroxyl groups excluding tert-OH is 2. The van der Waals surface area contributed by atoms with Crippen LogP contribution in [0.4, 0.5) is 0 Å². The number of hydrogen-bond acceptors (Lipinski definition) is 5. The highest BCUT2D eigenvalue weighted by atomic mass is 16.5. The van der Waals surface area contributed by atoms with Crippen LogP contribution in [0.15, 0.2) is 36.4 Å². The van der Waals surface area contributed by atoms with Gasteiger partial charge < -0.3 is 19.7 Å². The Kier molecular flexibility index (Phi) is 8.55. The molecule has 0 unspecified atom stereocenters. The van der Waals surface area contributed by atoms with E-state index in [1.807, 2.05) is 12.1 Å². The predicted molar refractivity (Wildman–Crippen MR) is 128 cm³/mol. The van der Waals surface area contributed by atoms with E-state index in [2.05, 4.69) is 26.7 Å². The third-order valence-electron chi connectivity index (χ3n) is 6.54.